The average molecular weight is 427 g/mol. The molecule has 0 unspecified atom stereocenters. The minimum Gasteiger partial charge on any atom is -0.398 e. The normalized spacial score (nSPS) is 13.2. The fourth-order valence-corrected chi connectivity index (χ4v) is 2.79. The Kier molecular flexibility index (Phi) is 13.2. The number of rotatable bonds is 10. The Morgan fingerprint density at radius 3 is 2.19 bits per heavy atom. The van der Waals surface area contributed by atoms with Crippen molar-refractivity contribution in [2.24, 2.45) is 18.5 Å². The molecule has 6 N–H and O–H groups in total. The highest BCUT2D eigenvalue weighted by Crippen LogP contribution is 2.22. The zero-order valence-electron chi connectivity index (χ0n) is 19.7. The van der Waals surface area contributed by atoms with Gasteiger partial charge in [0, 0.05) is 48.1 Å². The smallest absolute Gasteiger partial charge is 0.248 e. The summed E-state index contributed by atoms with van der Waals surface area (Å²) in [6.07, 6.45) is 13.8. The molecule has 0 saturated heterocycles. The molecule has 170 valence electrons. The van der Waals surface area contributed by atoms with Crippen molar-refractivity contribution in [2.75, 3.05) is 0 Å². The molecule has 0 aliphatic carbocycles. The maximum absolute atomic E-state index is 11.5. The van der Waals surface area contributed by atoms with Gasteiger partial charge in [0.25, 0.3) is 0 Å². The topological polar surface area (TPSA) is 135 Å². The van der Waals surface area contributed by atoms with E-state index in [1.807, 2.05) is 38.6 Å². The van der Waals surface area contributed by atoms with Crippen LogP contribution >= 0.6 is 0 Å². The highest BCUT2D eigenvalue weighted by Gasteiger charge is 2.14. The summed E-state index contributed by atoms with van der Waals surface area (Å²) in [4.78, 5) is 16.1. The second-order valence-corrected chi connectivity index (χ2v) is 7.15. The fourth-order valence-electron chi connectivity index (χ4n) is 2.79. The SMILES string of the molecule is CC/C=C(/C=C(N)\C(C=N)=C(/C)c1nc(/C(C)=C/C=N)cn1C)C(N)=O.CCCCC. The minimum absolute atomic E-state index is 0.271. The van der Waals surface area contributed by atoms with Crippen molar-refractivity contribution in [2.45, 2.75) is 60.3 Å². The summed E-state index contributed by atoms with van der Waals surface area (Å²) in [5.41, 5.74) is 14.8. The van der Waals surface area contributed by atoms with Gasteiger partial charge in [-0.15, -0.1) is 0 Å². The molecule has 0 radical (unpaired) electrons. The number of imidazole rings is 1. The van der Waals surface area contributed by atoms with E-state index in [0.29, 0.717) is 29.0 Å². The van der Waals surface area contributed by atoms with Gasteiger partial charge in [-0.05, 0) is 38.0 Å². The maximum Gasteiger partial charge on any atom is 0.248 e. The molecule has 0 spiro atoms. The van der Waals surface area contributed by atoms with Crippen molar-refractivity contribution < 1.29 is 4.79 Å². The highest BCUT2D eigenvalue weighted by atomic mass is 16.1. The third kappa shape index (κ3) is 8.99. The molecular formula is C24H38N6O. The number of hydrogen-bond donors (Lipinski definition) is 4. The van der Waals surface area contributed by atoms with E-state index in [4.69, 9.17) is 22.3 Å². The van der Waals surface area contributed by atoms with Crippen molar-refractivity contribution in [3.05, 3.63) is 52.8 Å². The maximum atomic E-state index is 11.5. The lowest BCUT2D eigenvalue weighted by Crippen LogP contribution is -2.15. The Morgan fingerprint density at radius 1 is 1.16 bits per heavy atom. The zero-order chi connectivity index (χ0) is 24.0. The van der Waals surface area contributed by atoms with E-state index in [-0.39, 0.29) is 5.70 Å². The van der Waals surface area contributed by atoms with Gasteiger partial charge >= 0.3 is 0 Å². The molecule has 7 heteroatoms. The first-order chi connectivity index (χ1) is 14.7. The number of carbonyl (C=O) groups excluding carboxylic acids is 1. The van der Waals surface area contributed by atoms with Crippen LogP contribution in [0, 0.1) is 10.8 Å². The number of nitrogens with zero attached hydrogens (tertiary/aromatic N) is 2. The lowest BCUT2D eigenvalue weighted by molar-refractivity contribution is -0.114. The number of aromatic nitrogens is 2. The van der Waals surface area contributed by atoms with Crippen LogP contribution < -0.4 is 11.5 Å². The van der Waals surface area contributed by atoms with Gasteiger partial charge < -0.3 is 26.9 Å². The molecule has 0 saturated carbocycles. The van der Waals surface area contributed by atoms with Crippen LogP contribution in [0.15, 0.2) is 41.3 Å². The first-order valence-electron chi connectivity index (χ1n) is 10.6. The Labute approximate surface area is 186 Å². The lowest BCUT2D eigenvalue weighted by atomic mass is 10.0. The minimum atomic E-state index is -0.566. The summed E-state index contributed by atoms with van der Waals surface area (Å²) in [5.74, 6) is 0.0798. The molecule has 1 aromatic heterocycles. The van der Waals surface area contributed by atoms with E-state index in [9.17, 15) is 4.79 Å². The van der Waals surface area contributed by atoms with Gasteiger partial charge in [-0.25, -0.2) is 4.98 Å². The molecule has 0 aromatic carbocycles. The molecule has 1 heterocycles. The van der Waals surface area contributed by atoms with Gasteiger partial charge in [-0.3, -0.25) is 4.79 Å². The molecule has 0 atom stereocenters. The van der Waals surface area contributed by atoms with Crippen molar-refractivity contribution in [1.29, 1.82) is 10.8 Å². The van der Waals surface area contributed by atoms with E-state index >= 15 is 0 Å². The molecule has 0 fully saturated rings. The largest absolute Gasteiger partial charge is 0.398 e. The van der Waals surface area contributed by atoms with E-state index in [1.54, 1.807) is 12.2 Å². The number of nitrogens with two attached hydrogens (primary N) is 2. The van der Waals surface area contributed by atoms with Crippen molar-refractivity contribution >= 4 is 29.5 Å². The molecule has 7 nitrogen and oxygen atoms in total. The summed E-state index contributed by atoms with van der Waals surface area (Å²) >= 11 is 0. The molecule has 0 aliphatic rings. The van der Waals surface area contributed by atoms with Gasteiger partial charge in [0.2, 0.25) is 5.91 Å². The average Bonchev–Trinajstić information content (AvgIpc) is 3.11. The third-order valence-electron chi connectivity index (χ3n) is 4.54. The second kappa shape index (κ2) is 14.7. The van der Waals surface area contributed by atoms with E-state index < -0.39 is 5.91 Å². The number of allylic oxidation sites excluding steroid dienone is 5. The Morgan fingerprint density at radius 2 is 1.77 bits per heavy atom. The summed E-state index contributed by atoms with van der Waals surface area (Å²) < 4.78 is 1.83. The molecule has 0 bridgehead atoms. The summed E-state index contributed by atoms with van der Waals surface area (Å²) in [6, 6.07) is 0. The Hall–Kier alpha value is -3.22. The van der Waals surface area contributed by atoms with Gasteiger partial charge in [-0.2, -0.15) is 0 Å². The Balaban J connectivity index is 0.00000161. The number of primary amides is 1. The molecule has 31 heavy (non-hydrogen) atoms. The van der Waals surface area contributed by atoms with Crippen LogP contribution in [0.25, 0.3) is 11.1 Å². The van der Waals surface area contributed by atoms with Gasteiger partial charge in [0.1, 0.15) is 5.82 Å². The predicted octanol–water partition coefficient (Wildman–Crippen LogP) is 4.76. The number of nitrogens with one attached hydrogen (secondary N) is 2. The molecule has 1 amide bonds. The van der Waals surface area contributed by atoms with Crippen LogP contribution in [-0.4, -0.2) is 27.9 Å². The Bertz CT molecular complexity index is 882. The van der Waals surface area contributed by atoms with Gasteiger partial charge in [0.05, 0.1) is 5.69 Å². The number of hydrogen-bond acceptors (Lipinski definition) is 5. The van der Waals surface area contributed by atoms with Crippen LogP contribution in [0.1, 0.15) is 71.8 Å². The summed E-state index contributed by atoms with van der Waals surface area (Å²) in [6.45, 7) is 10.0. The number of unbranched alkanes of at least 4 members (excludes halogenated alkanes) is 2. The third-order valence-corrected chi connectivity index (χ3v) is 4.54. The molecular weight excluding hydrogens is 388 g/mol. The number of aryl methyl sites for hydroxylation is 1. The molecule has 1 rings (SSSR count). The zero-order valence-corrected chi connectivity index (χ0v) is 19.7. The van der Waals surface area contributed by atoms with Crippen molar-refractivity contribution in [3.8, 4) is 0 Å². The number of carbonyl (C=O) groups is 1. The first-order valence-corrected chi connectivity index (χ1v) is 10.6. The summed E-state index contributed by atoms with van der Waals surface area (Å²) in [7, 11) is 1.85. The van der Waals surface area contributed by atoms with Crippen LogP contribution in [0.2, 0.25) is 0 Å². The monoisotopic (exact) mass is 426 g/mol. The first kappa shape index (κ1) is 27.8. The summed E-state index contributed by atoms with van der Waals surface area (Å²) in [5, 5.41) is 14.9. The fraction of sp³-hybridized carbons (Fsp3) is 0.417. The van der Waals surface area contributed by atoms with Gasteiger partial charge in [-0.1, -0.05) is 46.1 Å². The van der Waals surface area contributed by atoms with Gasteiger partial charge in [0.15, 0.2) is 0 Å². The quantitative estimate of drug-likeness (QED) is 0.244. The highest BCUT2D eigenvalue weighted by molar-refractivity contribution is 5.97. The second-order valence-electron chi connectivity index (χ2n) is 7.15. The molecule has 0 aliphatic heterocycles. The van der Waals surface area contributed by atoms with E-state index in [1.165, 1.54) is 31.6 Å². The number of amides is 1. The van der Waals surface area contributed by atoms with Crippen molar-refractivity contribution in [1.82, 2.24) is 9.55 Å². The van der Waals surface area contributed by atoms with Crippen LogP contribution in [0.4, 0.5) is 0 Å². The standard InChI is InChI=1S/C19H26N6O.C5H12/c1-5-6-14(18(23)26)9-16(22)15(10-21)13(3)19-24-17(11-25(19)4)12(2)7-8-20;1-3-5-4-2/h6-11,20-21H,5,22H2,1-4H3,(H2,23,26);3-5H2,1-2H3/b12-7+,14-6-,15-13+,16-9+,20-8?,21-10?;. The van der Waals surface area contributed by atoms with Crippen LogP contribution in [-0.2, 0) is 11.8 Å². The van der Waals surface area contributed by atoms with Crippen molar-refractivity contribution in [3.63, 3.8) is 0 Å². The van der Waals surface area contributed by atoms with Crippen LogP contribution in [0.3, 0.4) is 0 Å². The van der Waals surface area contributed by atoms with Crippen LogP contribution in [0.5, 0.6) is 0 Å². The predicted molar refractivity (Wildman–Crippen MR) is 132 cm³/mol. The molecule has 1 aromatic rings. The van der Waals surface area contributed by atoms with E-state index in [0.717, 1.165) is 17.5 Å². The van der Waals surface area contributed by atoms with E-state index in [2.05, 4.69) is 18.8 Å². The lowest BCUT2D eigenvalue weighted by Gasteiger charge is -2.09.